The van der Waals surface area contributed by atoms with Gasteiger partial charge in [-0.25, -0.2) is 15.0 Å². The molecular formula is C71H43N3. The molecular weight excluding hydrogens is 895 g/mol. The Morgan fingerprint density at radius 2 is 0.662 bits per heavy atom. The van der Waals surface area contributed by atoms with E-state index in [-0.39, 0.29) is 5.92 Å². The molecule has 0 N–H and O–H groups in total. The molecule has 11 aromatic carbocycles. The molecule has 17 rings (SSSR count). The Hall–Kier alpha value is -9.31. The Labute approximate surface area is 428 Å². The van der Waals surface area contributed by atoms with Crippen LogP contribution < -0.4 is 0 Å². The number of benzene rings is 11. The first-order valence-corrected chi connectivity index (χ1v) is 25.9. The largest absolute Gasteiger partial charge is 0.212 e. The van der Waals surface area contributed by atoms with Crippen LogP contribution in [0, 0.1) is 0 Å². The van der Waals surface area contributed by atoms with Gasteiger partial charge in [-0.05, 0) is 140 Å². The first-order chi connectivity index (χ1) is 36.7. The number of hydrogen-bond acceptors (Lipinski definition) is 3. The number of rotatable bonds is 3. The third kappa shape index (κ3) is 4.99. The van der Waals surface area contributed by atoms with Gasteiger partial charge in [-0.3, -0.25) is 0 Å². The number of hydrogen-bond donors (Lipinski definition) is 0. The molecule has 342 valence electrons. The van der Waals surface area contributed by atoms with Gasteiger partial charge in [0.05, 0.1) is 10.8 Å². The third-order valence-electron chi connectivity index (χ3n) is 17.5. The standard InChI is InChI=1S/C71H43N3/c1-2-20-43-39-44(38-37-42(43)19-1)67-72-68(55-40-63-65(51-27-5-3-21-45(51)55)53-29-11-17-35-61(53)70(63)57-31-13-7-23-47(57)48-24-8-14-32-58(48)70)74-69(73-67)56-41-64-66(52-28-6-4-22-46(52)56)54-30-12-18-36-62(54)71(64)59-33-15-9-25-49(59)50-26-10-16-34-60(50)71/h1-38,40-41,44H,39H2. The number of nitrogens with zero attached hydrogens (tertiary/aromatic N) is 3. The van der Waals surface area contributed by atoms with Crippen molar-refractivity contribution in [2.75, 3.05) is 0 Å². The first kappa shape index (κ1) is 40.3. The molecule has 1 heterocycles. The molecule has 12 aromatic rings. The smallest absolute Gasteiger partial charge is 0.164 e. The van der Waals surface area contributed by atoms with Gasteiger partial charge in [0.15, 0.2) is 11.6 Å². The van der Waals surface area contributed by atoms with Crippen molar-refractivity contribution in [3.63, 3.8) is 0 Å². The van der Waals surface area contributed by atoms with Crippen LogP contribution >= 0.6 is 0 Å². The van der Waals surface area contributed by atoms with E-state index in [1.165, 1.54) is 111 Å². The van der Waals surface area contributed by atoms with Gasteiger partial charge in [-0.15, -0.1) is 0 Å². The summed E-state index contributed by atoms with van der Waals surface area (Å²) in [5.74, 6) is 2.07. The molecule has 0 bridgehead atoms. The molecule has 5 aliphatic rings. The lowest BCUT2D eigenvalue weighted by atomic mass is 9.70. The Morgan fingerprint density at radius 3 is 1.11 bits per heavy atom. The van der Waals surface area contributed by atoms with E-state index < -0.39 is 10.8 Å². The fourth-order valence-electron chi connectivity index (χ4n) is 14.7. The lowest BCUT2D eigenvalue weighted by Gasteiger charge is -2.31. The van der Waals surface area contributed by atoms with Crippen LogP contribution in [0.15, 0.2) is 237 Å². The zero-order chi connectivity index (χ0) is 48.3. The highest BCUT2D eigenvalue weighted by Crippen LogP contribution is 2.66. The molecule has 74 heavy (non-hydrogen) atoms. The summed E-state index contributed by atoms with van der Waals surface area (Å²) in [6, 6.07) is 85.9. The average Bonchev–Trinajstić information content (AvgIpc) is 4.34. The summed E-state index contributed by atoms with van der Waals surface area (Å²) >= 11 is 0. The van der Waals surface area contributed by atoms with Crippen molar-refractivity contribution in [2.45, 2.75) is 23.2 Å². The molecule has 3 heteroatoms. The van der Waals surface area contributed by atoms with Crippen molar-refractivity contribution >= 4 is 27.6 Å². The summed E-state index contributed by atoms with van der Waals surface area (Å²) in [5, 5.41) is 4.64. The molecule has 0 radical (unpaired) electrons. The molecule has 5 aliphatic carbocycles. The van der Waals surface area contributed by atoms with E-state index in [4.69, 9.17) is 15.0 Å². The zero-order valence-corrected chi connectivity index (χ0v) is 40.2. The van der Waals surface area contributed by atoms with Crippen LogP contribution in [0.3, 0.4) is 0 Å². The first-order valence-electron chi connectivity index (χ1n) is 25.9. The van der Waals surface area contributed by atoms with Crippen molar-refractivity contribution in [1.29, 1.82) is 0 Å². The second kappa shape index (κ2) is 14.7. The van der Waals surface area contributed by atoms with Gasteiger partial charge >= 0.3 is 0 Å². The lowest BCUT2D eigenvalue weighted by molar-refractivity contribution is 0.748. The van der Waals surface area contributed by atoms with Crippen molar-refractivity contribution in [2.24, 2.45) is 0 Å². The van der Waals surface area contributed by atoms with E-state index in [1.54, 1.807) is 0 Å². The van der Waals surface area contributed by atoms with Gasteiger partial charge in [-0.1, -0.05) is 231 Å². The van der Waals surface area contributed by atoms with Gasteiger partial charge in [0.25, 0.3) is 0 Å². The molecule has 1 aromatic heterocycles. The minimum Gasteiger partial charge on any atom is -0.212 e. The minimum atomic E-state index is -0.542. The van der Waals surface area contributed by atoms with Crippen LogP contribution in [-0.4, -0.2) is 15.0 Å². The Balaban J connectivity index is 0.976. The van der Waals surface area contributed by atoms with Gasteiger partial charge in [0.1, 0.15) is 5.82 Å². The molecule has 2 spiro atoms. The Bertz CT molecular complexity index is 4160. The van der Waals surface area contributed by atoms with Gasteiger partial charge < -0.3 is 0 Å². The minimum absolute atomic E-state index is 0.0693. The van der Waals surface area contributed by atoms with E-state index in [0.717, 1.165) is 34.1 Å². The lowest BCUT2D eigenvalue weighted by Crippen LogP contribution is -2.26. The summed E-state index contributed by atoms with van der Waals surface area (Å²) in [7, 11) is 0. The molecule has 0 saturated carbocycles. The predicted molar refractivity (Wildman–Crippen MR) is 300 cm³/mol. The number of aromatic nitrogens is 3. The van der Waals surface area contributed by atoms with E-state index in [9.17, 15) is 0 Å². The summed E-state index contributed by atoms with van der Waals surface area (Å²) in [5.41, 5.74) is 24.1. The van der Waals surface area contributed by atoms with E-state index >= 15 is 0 Å². The third-order valence-corrected chi connectivity index (χ3v) is 17.5. The summed E-state index contributed by atoms with van der Waals surface area (Å²) < 4.78 is 0. The van der Waals surface area contributed by atoms with Crippen LogP contribution in [0.4, 0.5) is 0 Å². The topological polar surface area (TPSA) is 38.7 Å². The monoisotopic (exact) mass is 937 g/mol. The van der Waals surface area contributed by atoms with Crippen molar-refractivity contribution in [3.05, 3.63) is 298 Å². The molecule has 3 nitrogen and oxygen atoms in total. The highest BCUT2D eigenvalue weighted by atomic mass is 15.0. The molecule has 0 aliphatic heterocycles. The normalized spacial score (nSPS) is 15.8. The second-order valence-electron chi connectivity index (χ2n) is 20.8. The fourth-order valence-corrected chi connectivity index (χ4v) is 14.7. The van der Waals surface area contributed by atoms with Crippen molar-refractivity contribution in [1.82, 2.24) is 15.0 Å². The Morgan fingerprint density at radius 1 is 0.311 bits per heavy atom. The van der Waals surface area contributed by atoms with E-state index in [1.807, 2.05) is 0 Å². The molecule has 0 saturated heterocycles. The van der Waals surface area contributed by atoms with Crippen LogP contribution in [0.5, 0.6) is 0 Å². The van der Waals surface area contributed by atoms with Gasteiger partial charge in [0, 0.05) is 17.0 Å². The highest BCUT2D eigenvalue weighted by Gasteiger charge is 2.54. The maximum Gasteiger partial charge on any atom is 0.164 e. The second-order valence-corrected chi connectivity index (χ2v) is 20.8. The molecule has 0 fully saturated rings. The summed E-state index contributed by atoms with van der Waals surface area (Å²) in [4.78, 5) is 17.2. The maximum atomic E-state index is 5.82. The van der Waals surface area contributed by atoms with Crippen molar-refractivity contribution < 1.29 is 0 Å². The maximum absolute atomic E-state index is 5.82. The van der Waals surface area contributed by atoms with Gasteiger partial charge in [-0.2, -0.15) is 0 Å². The average molecular weight is 938 g/mol. The SMILES string of the molecule is C1=CC(c2nc(-c3cc4c(c5ccccc35)-c3ccccc3C43c4ccccc4-c4ccccc43)nc(-c3cc4c(c5ccccc35)-c3ccccc3C43c4ccccc4-c4ccccc43)n2)Cc2ccccc21. The van der Waals surface area contributed by atoms with Gasteiger partial charge in [0.2, 0.25) is 0 Å². The molecule has 1 unspecified atom stereocenters. The molecule has 1 atom stereocenters. The van der Waals surface area contributed by atoms with E-state index in [2.05, 4.69) is 243 Å². The quantitative estimate of drug-likeness (QED) is 0.177. The zero-order valence-electron chi connectivity index (χ0n) is 40.2. The Kier molecular flexibility index (Phi) is 7.98. The van der Waals surface area contributed by atoms with Crippen LogP contribution in [0.25, 0.3) is 94.9 Å². The van der Waals surface area contributed by atoms with Crippen molar-refractivity contribution in [3.8, 4) is 67.3 Å². The van der Waals surface area contributed by atoms with Crippen LogP contribution in [0.1, 0.15) is 67.4 Å². The predicted octanol–water partition coefficient (Wildman–Crippen LogP) is 16.6. The molecule has 0 amide bonds. The fraction of sp³-hybridized carbons (Fsp3) is 0.0563. The summed E-state index contributed by atoms with van der Waals surface area (Å²) in [6.07, 6.45) is 5.36. The van der Waals surface area contributed by atoms with Crippen LogP contribution in [0.2, 0.25) is 0 Å². The van der Waals surface area contributed by atoms with Crippen LogP contribution in [-0.2, 0) is 17.3 Å². The summed E-state index contributed by atoms with van der Waals surface area (Å²) in [6.45, 7) is 0. The van der Waals surface area contributed by atoms with E-state index in [0.29, 0.717) is 11.6 Å². The number of allylic oxidation sites excluding steroid dienone is 1. The number of fused-ring (bicyclic) bond motifs is 25. The highest BCUT2D eigenvalue weighted by molar-refractivity contribution is 6.13.